The summed E-state index contributed by atoms with van der Waals surface area (Å²) in [7, 11) is 0. The maximum Gasteiger partial charge on any atom is 0.514 e. The number of carbonyl (C=O) groups is 1. The zero-order valence-corrected chi connectivity index (χ0v) is 14.0. The van der Waals surface area contributed by atoms with Crippen LogP contribution in [0.4, 0.5) is 10.5 Å². The van der Waals surface area contributed by atoms with E-state index in [9.17, 15) is 14.9 Å². The van der Waals surface area contributed by atoms with Gasteiger partial charge in [-0.3, -0.25) is 10.1 Å². The van der Waals surface area contributed by atoms with Gasteiger partial charge in [0.25, 0.3) is 5.69 Å². The van der Waals surface area contributed by atoms with Crippen molar-refractivity contribution >= 4 is 23.4 Å². The highest BCUT2D eigenvalue weighted by Crippen LogP contribution is 2.26. The molecule has 2 rings (SSSR count). The lowest BCUT2D eigenvalue weighted by atomic mass is 10.1. The summed E-state index contributed by atoms with van der Waals surface area (Å²) in [6, 6.07) is 9.71. The van der Waals surface area contributed by atoms with Crippen molar-refractivity contribution < 1.29 is 19.2 Å². The number of aryl methyl sites for hydroxylation is 2. The van der Waals surface area contributed by atoms with Gasteiger partial charge in [-0.25, -0.2) is 4.79 Å². The Morgan fingerprint density at radius 1 is 1.21 bits per heavy atom. The highest BCUT2D eigenvalue weighted by Gasteiger charge is 2.16. The zero-order valence-electron chi connectivity index (χ0n) is 13.2. The van der Waals surface area contributed by atoms with Crippen LogP contribution in [0.2, 0.25) is 0 Å². The predicted molar refractivity (Wildman–Crippen MR) is 89.4 cm³/mol. The molecule has 2 aromatic carbocycles. The van der Waals surface area contributed by atoms with E-state index in [2.05, 4.69) is 0 Å². The SMILES string of the molecule is Cc1cc(CCl)cc(C)c1OC(=O)OCc1ccccc1[N+](=O)[O-]. The number of ether oxygens (including phenoxy) is 2. The highest BCUT2D eigenvalue weighted by molar-refractivity contribution is 6.17. The van der Waals surface area contributed by atoms with E-state index in [0.29, 0.717) is 17.2 Å². The van der Waals surface area contributed by atoms with E-state index in [1.807, 2.05) is 12.1 Å². The molecule has 0 fully saturated rings. The zero-order chi connectivity index (χ0) is 17.7. The maximum absolute atomic E-state index is 11.9. The third-order valence-electron chi connectivity index (χ3n) is 3.39. The summed E-state index contributed by atoms with van der Waals surface area (Å²) in [6.07, 6.45) is -0.919. The van der Waals surface area contributed by atoms with Crippen LogP contribution >= 0.6 is 11.6 Å². The van der Waals surface area contributed by atoms with Crippen LogP contribution in [0, 0.1) is 24.0 Å². The Hall–Kier alpha value is -2.60. The van der Waals surface area contributed by atoms with Gasteiger partial charge in [0.2, 0.25) is 0 Å². The van der Waals surface area contributed by atoms with Gasteiger partial charge in [-0.1, -0.05) is 24.3 Å². The lowest BCUT2D eigenvalue weighted by molar-refractivity contribution is -0.385. The smallest absolute Gasteiger partial charge is 0.429 e. The number of halogens is 1. The molecule has 0 unspecified atom stereocenters. The first kappa shape index (κ1) is 17.7. The number of nitrogens with zero attached hydrogens (tertiary/aromatic N) is 1. The lowest BCUT2D eigenvalue weighted by Crippen LogP contribution is -2.12. The normalized spacial score (nSPS) is 10.3. The van der Waals surface area contributed by atoms with Gasteiger partial charge in [-0.15, -0.1) is 11.6 Å². The maximum atomic E-state index is 11.9. The third-order valence-corrected chi connectivity index (χ3v) is 3.70. The quantitative estimate of drug-likeness (QED) is 0.258. The summed E-state index contributed by atoms with van der Waals surface area (Å²) < 4.78 is 10.2. The lowest BCUT2D eigenvalue weighted by Gasteiger charge is -2.12. The number of benzene rings is 2. The number of para-hydroxylation sites is 1. The van der Waals surface area contributed by atoms with E-state index in [4.69, 9.17) is 21.1 Å². The van der Waals surface area contributed by atoms with Crippen molar-refractivity contribution in [3.8, 4) is 5.75 Å². The van der Waals surface area contributed by atoms with Crippen molar-refractivity contribution in [1.82, 2.24) is 0 Å². The molecule has 2 aromatic rings. The molecule has 7 heteroatoms. The number of carbonyl (C=O) groups excluding carboxylic acids is 1. The predicted octanol–water partition coefficient (Wildman–Crippen LogP) is 4.67. The van der Waals surface area contributed by atoms with Crippen LogP contribution in [0.15, 0.2) is 36.4 Å². The van der Waals surface area contributed by atoms with Gasteiger partial charge in [0, 0.05) is 11.9 Å². The van der Waals surface area contributed by atoms with Crippen LogP contribution in [-0.4, -0.2) is 11.1 Å². The molecule has 126 valence electrons. The molecule has 0 saturated heterocycles. The minimum atomic E-state index is -0.919. The Balaban J connectivity index is 2.06. The minimum absolute atomic E-state index is 0.107. The summed E-state index contributed by atoms with van der Waals surface area (Å²) >= 11 is 5.80. The van der Waals surface area contributed by atoms with Crippen molar-refractivity contribution in [3.05, 3.63) is 68.8 Å². The Bertz CT molecular complexity index is 752. The third kappa shape index (κ3) is 4.23. The van der Waals surface area contributed by atoms with Gasteiger partial charge in [0.15, 0.2) is 0 Å². The number of rotatable bonds is 5. The molecule has 0 N–H and O–H groups in total. The number of nitro groups is 1. The van der Waals surface area contributed by atoms with E-state index in [0.717, 1.165) is 16.7 Å². The molecule has 6 nitrogen and oxygen atoms in total. The molecule has 0 aliphatic rings. The van der Waals surface area contributed by atoms with Crippen molar-refractivity contribution in [3.63, 3.8) is 0 Å². The van der Waals surface area contributed by atoms with Gasteiger partial charge in [0.05, 0.1) is 10.5 Å². The molecule has 0 aliphatic carbocycles. The van der Waals surface area contributed by atoms with Crippen LogP contribution in [0.5, 0.6) is 5.75 Å². The summed E-state index contributed by atoms with van der Waals surface area (Å²) in [6.45, 7) is 3.36. The van der Waals surface area contributed by atoms with Crippen molar-refractivity contribution in [2.45, 2.75) is 26.3 Å². The highest BCUT2D eigenvalue weighted by atomic mass is 35.5. The molecule has 0 aromatic heterocycles. The van der Waals surface area contributed by atoms with Crippen LogP contribution in [0.1, 0.15) is 22.3 Å². The van der Waals surface area contributed by atoms with Crippen LogP contribution in [0.3, 0.4) is 0 Å². The van der Waals surface area contributed by atoms with Gasteiger partial charge < -0.3 is 9.47 Å². The topological polar surface area (TPSA) is 78.7 Å². The number of nitro benzene ring substituents is 1. The molecule has 0 saturated carbocycles. The molecule has 0 spiro atoms. The second-order valence-electron chi connectivity index (χ2n) is 5.22. The van der Waals surface area contributed by atoms with Gasteiger partial charge in [-0.05, 0) is 36.6 Å². The van der Waals surface area contributed by atoms with E-state index in [1.165, 1.54) is 12.1 Å². The Morgan fingerprint density at radius 2 is 1.83 bits per heavy atom. The van der Waals surface area contributed by atoms with E-state index in [-0.39, 0.29) is 12.3 Å². The van der Waals surface area contributed by atoms with E-state index in [1.54, 1.807) is 26.0 Å². The average Bonchev–Trinajstić information content (AvgIpc) is 2.56. The standard InChI is InChI=1S/C17H16ClNO5/c1-11-7-13(9-18)8-12(2)16(11)24-17(20)23-10-14-5-3-4-6-15(14)19(21)22/h3-8H,9-10H2,1-2H3. The van der Waals surface area contributed by atoms with Gasteiger partial charge in [0.1, 0.15) is 12.4 Å². The number of hydrogen-bond acceptors (Lipinski definition) is 5. The molecule has 0 amide bonds. The molecule has 0 radical (unpaired) electrons. The average molecular weight is 350 g/mol. The van der Waals surface area contributed by atoms with Crippen molar-refractivity contribution in [1.29, 1.82) is 0 Å². The molecule has 0 aliphatic heterocycles. The van der Waals surface area contributed by atoms with Crippen LogP contribution in [0.25, 0.3) is 0 Å². The van der Waals surface area contributed by atoms with Crippen LogP contribution < -0.4 is 4.74 Å². The first-order chi connectivity index (χ1) is 11.4. The first-order valence-electron chi connectivity index (χ1n) is 7.15. The molecule has 0 heterocycles. The fourth-order valence-electron chi connectivity index (χ4n) is 2.34. The Labute approximate surface area is 144 Å². The largest absolute Gasteiger partial charge is 0.514 e. The Morgan fingerprint density at radius 3 is 2.42 bits per heavy atom. The van der Waals surface area contributed by atoms with Crippen molar-refractivity contribution in [2.75, 3.05) is 0 Å². The minimum Gasteiger partial charge on any atom is -0.429 e. The second kappa shape index (κ2) is 7.79. The van der Waals surface area contributed by atoms with E-state index >= 15 is 0 Å². The van der Waals surface area contributed by atoms with E-state index < -0.39 is 11.1 Å². The van der Waals surface area contributed by atoms with Gasteiger partial charge >= 0.3 is 6.16 Å². The second-order valence-corrected chi connectivity index (χ2v) is 5.49. The fraction of sp³-hybridized carbons (Fsp3) is 0.235. The summed E-state index contributed by atoms with van der Waals surface area (Å²) in [5, 5.41) is 10.9. The Kier molecular flexibility index (Phi) is 5.76. The molecule has 0 atom stereocenters. The summed E-state index contributed by atoms with van der Waals surface area (Å²) in [5.41, 5.74) is 2.63. The van der Waals surface area contributed by atoms with Crippen molar-refractivity contribution in [2.24, 2.45) is 0 Å². The molecule has 0 bridgehead atoms. The molecular formula is C17H16ClNO5. The summed E-state index contributed by atoms with van der Waals surface area (Å²) in [5.74, 6) is 0.765. The fourth-order valence-corrected chi connectivity index (χ4v) is 2.49. The first-order valence-corrected chi connectivity index (χ1v) is 7.68. The molecule has 24 heavy (non-hydrogen) atoms. The van der Waals surface area contributed by atoms with Crippen LogP contribution in [-0.2, 0) is 17.2 Å². The monoisotopic (exact) mass is 349 g/mol. The summed E-state index contributed by atoms with van der Waals surface area (Å²) in [4.78, 5) is 22.3. The number of alkyl halides is 1. The molecular weight excluding hydrogens is 334 g/mol. The number of hydrogen-bond donors (Lipinski definition) is 0. The van der Waals surface area contributed by atoms with Gasteiger partial charge in [-0.2, -0.15) is 0 Å².